The first-order valence-electron chi connectivity index (χ1n) is 7.16. The van der Waals surface area contributed by atoms with Gasteiger partial charge >= 0.3 is 0 Å². The average molecular weight is 271 g/mol. The SMILES string of the molecule is CCCC(NC(=O)CCc1ccco1)c1ccccc1. The Bertz CT molecular complexity index is 505. The molecule has 0 fully saturated rings. The highest BCUT2D eigenvalue weighted by atomic mass is 16.3. The van der Waals surface area contributed by atoms with Crippen LogP contribution in [0, 0.1) is 0 Å². The van der Waals surface area contributed by atoms with Crippen molar-refractivity contribution in [1.82, 2.24) is 5.32 Å². The fourth-order valence-electron chi connectivity index (χ4n) is 2.25. The Morgan fingerprint density at radius 1 is 1.20 bits per heavy atom. The van der Waals surface area contributed by atoms with Crippen molar-refractivity contribution < 1.29 is 9.21 Å². The third kappa shape index (κ3) is 4.26. The zero-order valence-corrected chi connectivity index (χ0v) is 11.8. The highest BCUT2D eigenvalue weighted by Crippen LogP contribution is 2.18. The number of amides is 1. The quantitative estimate of drug-likeness (QED) is 0.830. The minimum absolute atomic E-state index is 0.0729. The predicted octanol–water partition coefficient (Wildman–Crippen LogP) is 3.87. The summed E-state index contributed by atoms with van der Waals surface area (Å²) < 4.78 is 5.24. The van der Waals surface area contributed by atoms with Gasteiger partial charge in [-0.3, -0.25) is 4.79 Å². The summed E-state index contributed by atoms with van der Waals surface area (Å²) in [5, 5.41) is 3.12. The van der Waals surface area contributed by atoms with E-state index in [4.69, 9.17) is 4.42 Å². The molecule has 2 rings (SSSR count). The van der Waals surface area contributed by atoms with Crippen LogP contribution in [0.1, 0.15) is 43.6 Å². The van der Waals surface area contributed by atoms with Gasteiger partial charge in [0.05, 0.1) is 12.3 Å². The van der Waals surface area contributed by atoms with Crippen molar-refractivity contribution in [1.29, 1.82) is 0 Å². The number of rotatable bonds is 7. The van der Waals surface area contributed by atoms with E-state index in [0.29, 0.717) is 12.8 Å². The fourth-order valence-corrected chi connectivity index (χ4v) is 2.25. The topological polar surface area (TPSA) is 42.2 Å². The summed E-state index contributed by atoms with van der Waals surface area (Å²) in [6.45, 7) is 2.13. The van der Waals surface area contributed by atoms with E-state index in [0.717, 1.165) is 18.6 Å². The molecule has 1 aromatic heterocycles. The van der Waals surface area contributed by atoms with Crippen LogP contribution >= 0.6 is 0 Å². The van der Waals surface area contributed by atoms with Gasteiger partial charge in [-0.1, -0.05) is 43.7 Å². The van der Waals surface area contributed by atoms with E-state index in [1.807, 2.05) is 30.3 Å². The van der Waals surface area contributed by atoms with Crippen molar-refractivity contribution in [3.63, 3.8) is 0 Å². The van der Waals surface area contributed by atoms with Crippen LogP contribution in [0.3, 0.4) is 0 Å². The van der Waals surface area contributed by atoms with E-state index >= 15 is 0 Å². The van der Waals surface area contributed by atoms with Crippen LogP contribution in [0.4, 0.5) is 0 Å². The van der Waals surface area contributed by atoms with Crippen molar-refractivity contribution >= 4 is 5.91 Å². The van der Waals surface area contributed by atoms with E-state index in [2.05, 4.69) is 24.4 Å². The Kier molecular flexibility index (Phi) is 5.42. The van der Waals surface area contributed by atoms with Crippen molar-refractivity contribution in [3.05, 3.63) is 60.1 Å². The van der Waals surface area contributed by atoms with Crippen LogP contribution in [0.2, 0.25) is 0 Å². The molecule has 0 spiro atoms. The molecular weight excluding hydrogens is 250 g/mol. The molecule has 3 nitrogen and oxygen atoms in total. The highest BCUT2D eigenvalue weighted by molar-refractivity contribution is 5.76. The lowest BCUT2D eigenvalue weighted by atomic mass is 10.0. The maximum atomic E-state index is 12.0. The van der Waals surface area contributed by atoms with E-state index in [1.54, 1.807) is 6.26 Å². The van der Waals surface area contributed by atoms with Crippen LogP contribution in [0.5, 0.6) is 0 Å². The van der Waals surface area contributed by atoms with Crippen molar-refractivity contribution in [2.24, 2.45) is 0 Å². The maximum absolute atomic E-state index is 12.0. The Balaban J connectivity index is 1.89. The number of hydrogen-bond acceptors (Lipinski definition) is 2. The molecule has 0 aliphatic heterocycles. The van der Waals surface area contributed by atoms with E-state index < -0.39 is 0 Å². The van der Waals surface area contributed by atoms with Gasteiger partial charge in [-0.05, 0) is 24.1 Å². The molecule has 2 aromatic rings. The van der Waals surface area contributed by atoms with Gasteiger partial charge in [0.2, 0.25) is 5.91 Å². The first kappa shape index (κ1) is 14.4. The Morgan fingerprint density at radius 2 is 2.00 bits per heavy atom. The molecule has 106 valence electrons. The Hall–Kier alpha value is -2.03. The van der Waals surface area contributed by atoms with Crippen molar-refractivity contribution in [3.8, 4) is 0 Å². The number of aryl methyl sites for hydroxylation is 1. The Labute approximate surface area is 120 Å². The number of hydrogen-bond donors (Lipinski definition) is 1. The van der Waals surface area contributed by atoms with Crippen LogP contribution in [0.15, 0.2) is 53.1 Å². The average Bonchev–Trinajstić information content (AvgIpc) is 2.99. The van der Waals surface area contributed by atoms with Crippen LogP contribution in [0.25, 0.3) is 0 Å². The van der Waals surface area contributed by atoms with E-state index in [-0.39, 0.29) is 11.9 Å². The summed E-state index contributed by atoms with van der Waals surface area (Å²) >= 11 is 0. The maximum Gasteiger partial charge on any atom is 0.220 e. The smallest absolute Gasteiger partial charge is 0.220 e. The standard InChI is InChI=1S/C17H21NO2/c1-2-7-16(14-8-4-3-5-9-14)18-17(19)12-11-15-10-6-13-20-15/h3-6,8-10,13,16H,2,7,11-12H2,1H3,(H,18,19). The number of nitrogens with one attached hydrogen (secondary N) is 1. The third-order valence-electron chi connectivity index (χ3n) is 3.29. The van der Waals surface area contributed by atoms with Crippen molar-refractivity contribution in [2.75, 3.05) is 0 Å². The summed E-state index contributed by atoms with van der Waals surface area (Å²) in [6.07, 6.45) is 4.73. The first-order chi connectivity index (χ1) is 9.79. The molecule has 0 radical (unpaired) electrons. The second kappa shape index (κ2) is 7.53. The lowest BCUT2D eigenvalue weighted by Gasteiger charge is -2.18. The molecule has 0 saturated carbocycles. The second-order valence-electron chi connectivity index (χ2n) is 4.90. The third-order valence-corrected chi connectivity index (χ3v) is 3.29. The summed E-state index contributed by atoms with van der Waals surface area (Å²) in [7, 11) is 0. The van der Waals surface area contributed by atoms with Gasteiger partial charge in [0.25, 0.3) is 0 Å². The highest BCUT2D eigenvalue weighted by Gasteiger charge is 2.13. The molecule has 0 saturated heterocycles. The first-order valence-corrected chi connectivity index (χ1v) is 7.16. The molecule has 1 unspecified atom stereocenters. The molecule has 1 aromatic carbocycles. The van der Waals surface area contributed by atoms with Gasteiger partial charge in [0, 0.05) is 12.8 Å². The number of furan rings is 1. The van der Waals surface area contributed by atoms with Crippen LogP contribution < -0.4 is 5.32 Å². The zero-order valence-electron chi connectivity index (χ0n) is 11.8. The lowest BCUT2D eigenvalue weighted by molar-refractivity contribution is -0.121. The van der Waals surface area contributed by atoms with Crippen molar-refractivity contribution in [2.45, 2.75) is 38.6 Å². The van der Waals surface area contributed by atoms with Gasteiger partial charge in [0.15, 0.2) is 0 Å². The summed E-state index contributed by atoms with van der Waals surface area (Å²) in [5.74, 6) is 0.926. The minimum atomic E-state index is 0.0729. The number of benzene rings is 1. The number of carbonyl (C=O) groups excluding carboxylic acids is 1. The van der Waals surface area contributed by atoms with Gasteiger partial charge in [-0.2, -0.15) is 0 Å². The fraction of sp³-hybridized carbons (Fsp3) is 0.353. The molecule has 0 aliphatic carbocycles. The van der Waals surface area contributed by atoms with E-state index in [9.17, 15) is 4.79 Å². The molecule has 3 heteroatoms. The molecule has 1 atom stereocenters. The van der Waals surface area contributed by atoms with Gasteiger partial charge in [-0.15, -0.1) is 0 Å². The molecule has 0 aliphatic rings. The number of carbonyl (C=O) groups is 1. The molecular formula is C17H21NO2. The van der Waals surface area contributed by atoms with Gasteiger partial charge < -0.3 is 9.73 Å². The zero-order chi connectivity index (χ0) is 14.2. The lowest BCUT2D eigenvalue weighted by Crippen LogP contribution is -2.28. The van der Waals surface area contributed by atoms with Crippen LogP contribution in [-0.2, 0) is 11.2 Å². The molecule has 1 N–H and O–H groups in total. The Morgan fingerprint density at radius 3 is 2.65 bits per heavy atom. The molecule has 0 bridgehead atoms. The van der Waals surface area contributed by atoms with Crippen LogP contribution in [-0.4, -0.2) is 5.91 Å². The second-order valence-corrected chi connectivity index (χ2v) is 4.90. The van der Waals surface area contributed by atoms with Gasteiger partial charge in [-0.25, -0.2) is 0 Å². The minimum Gasteiger partial charge on any atom is -0.469 e. The molecule has 20 heavy (non-hydrogen) atoms. The molecule has 1 heterocycles. The summed E-state index contributed by atoms with van der Waals surface area (Å²) in [6, 6.07) is 14.0. The monoisotopic (exact) mass is 271 g/mol. The summed E-state index contributed by atoms with van der Waals surface area (Å²) in [5.41, 5.74) is 1.17. The summed E-state index contributed by atoms with van der Waals surface area (Å²) in [4.78, 5) is 12.0. The van der Waals surface area contributed by atoms with Gasteiger partial charge in [0.1, 0.15) is 5.76 Å². The predicted molar refractivity (Wildman–Crippen MR) is 79.3 cm³/mol. The normalized spacial score (nSPS) is 12.1. The molecule has 1 amide bonds. The largest absolute Gasteiger partial charge is 0.469 e. The van der Waals surface area contributed by atoms with E-state index in [1.165, 1.54) is 5.56 Å².